The molecule has 5 heteroatoms. The fourth-order valence-corrected chi connectivity index (χ4v) is 2.29. The van der Waals surface area contributed by atoms with Crippen molar-refractivity contribution in [1.29, 1.82) is 0 Å². The smallest absolute Gasteiger partial charge is 0.346 e. The molecule has 0 saturated heterocycles. The van der Waals surface area contributed by atoms with Crippen LogP contribution in [0.1, 0.15) is 11.5 Å². The molecular weight excluding hydrogens is 334 g/mol. The Morgan fingerprint density at radius 2 is 1.95 bits per heavy atom. The Hall–Kier alpha value is -2.14. The summed E-state index contributed by atoms with van der Waals surface area (Å²) in [5.41, 5.74) is 1.34. The molecule has 0 spiro atoms. The molecule has 3 rings (SSSR count). The summed E-state index contributed by atoms with van der Waals surface area (Å²) in [6.45, 7) is 2.12. The Labute approximate surface area is 129 Å². The predicted octanol–water partition coefficient (Wildman–Crippen LogP) is 3.84. The number of ether oxygens (including phenoxy) is 1. The minimum atomic E-state index is -0.413. The maximum absolute atomic E-state index is 11.9. The molecule has 0 aliphatic heterocycles. The van der Waals surface area contributed by atoms with Crippen LogP contribution in [0, 0.1) is 6.92 Å². The molecular formula is C16H12BrNO3. The van der Waals surface area contributed by atoms with E-state index in [0.717, 1.165) is 10.0 Å². The van der Waals surface area contributed by atoms with Gasteiger partial charge in [0, 0.05) is 4.47 Å². The zero-order chi connectivity index (χ0) is 14.8. The SMILES string of the molecule is Cc1ccc(OCc2nc3ccc(Br)cc3c(=O)o2)cc1. The minimum Gasteiger partial charge on any atom is -0.484 e. The third kappa shape index (κ3) is 3.13. The topological polar surface area (TPSA) is 52.3 Å². The van der Waals surface area contributed by atoms with Crippen molar-refractivity contribution in [2.24, 2.45) is 0 Å². The van der Waals surface area contributed by atoms with E-state index < -0.39 is 5.63 Å². The van der Waals surface area contributed by atoms with Gasteiger partial charge in [0.1, 0.15) is 5.75 Å². The van der Waals surface area contributed by atoms with Gasteiger partial charge in [-0.25, -0.2) is 9.78 Å². The molecule has 0 saturated carbocycles. The fraction of sp³-hybridized carbons (Fsp3) is 0.125. The zero-order valence-electron chi connectivity index (χ0n) is 11.3. The first kappa shape index (κ1) is 13.8. The van der Waals surface area contributed by atoms with E-state index in [4.69, 9.17) is 9.15 Å². The maximum Gasteiger partial charge on any atom is 0.346 e. The van der Waals surface area contributed by atoms with E-state index in [1.54, 1.807) is 12.1 Å². The second-order valence-electron chi connectivity index (χ2n) is 4.66. The van der Waals surface area contributed by atoms with Crippen LogP contribution < -0.4 is 10.4 Å². The molecule has 0 fully saturated rings. The van der Waals surface area contributed by atoms with Gasteiger partial charge in [-0.05, 0) is 37.3 Å². The summed E-state index contributed by atoms with van der Waals surface area (Å²) >= 11 is 3.32. The van der Waals surface area contributed by atoms with Crippen molar-refractivity contribution in [2.45, 2.75) is 13.5 Å². The van der Waals surface area contributed by atoms with Gasteiger partial charge in [-0.1, -0.05) is 33.6 Å². The van der Waals surface area contributed by atoms with Crippen molar-refractivity contribution in [3.05, 3.63) is 68.8 Å². The van der Waals surface area contributed by atoms with Crippen LogP contribution in [0.3, 0.4) is 0 Å². The maximum atomic E-state index is 11.9. The normalized spacial score (nSPS) is 10.8. The molecule has 4 nitrogen and oxygen atoms in total. The summed E-state index contributed by atoms with van der Waals surface area (Å²) in [5.74, 6) is 0.969. The molecule has 0 radical (unpaired) electrons. The lowest BCUT2D eigenvalue weighted by Gasteiger charge is -2.05. The Morgan fingerprint density at radius 1 is 1.19 bits per heavy atom. The molecule has 1 aromatic heterocycles. The van der Waals surface area contributed by atoms with Gasteiger partial charge in [0.25, 0.3) is 0 Å². The molecule has 0 aliphatic rings. The highest BCUT2D eigenvalue weighted by molar-refractivity contribution is 9.10. The molecule has 2 aromatic carbocycles. The Morgan fingerprint density at radius 3 is 2.71 bits per heavy atom. The van der Waals surface area contributed by atoms with Gasteiger partial charge in [-0.3, -0.25) is 0 Å². The summed E-state index contributed by atoms with van der Waals surface area (Å²) in [6, 6.07) is 12.9. The molecule has 21 heavy (non-hydrogen) atoms. The number of aromatic nitrogens is 1. The quantitative estimate of drug-likeness (QED) is 0.723. The number of fused-ring (bicyclic) bond motifs is 1. The highest BCUT2D eigenvalue weighted by Crippen LogP contribution is 2.17. The number of nitrogens with zero attached hydrogens (tertiary/aromatic N) is 1. The van der Waals surface area contributed by atoms with Gasteiger partial charge in [-0.2, -0.15) is 0 Å². The van der Waals surface area contributed by atoms with Crippen molar-refractivity contribution in [3.63, 3.8) is 0 Å². The lowest BCUT2D eigenvalue weighted by Crippen LogP contribution is -2.07. The minimum absolute atomic E-state index is 0.115. The summed E-state index contributed by atoms with van der Waals surface area (Å²) in [7, 11) is 0. The van der Waals surface area contributed by atoms with Crippen LogP contribution in [-0.4, -0.2) is 4.98 Å². The number of halogens is 1. The van der Waals surface area contributed by atoms with E-state index in [2.05, 4.69) is 20.9 Å². The molecule has 0 amide bonds. The van der Waals surface area contributed by atoms with Gasteiger partial charge in [0.2, 0.25) is 5.89 Å². The molecule has 0 N–H and O–H groups in total. The second kappa shape index (κ2) is 5.69. The van der Waals surface area contributed by atoms with Crippen LogP contribution in [0.15, 0.2) is 56.1 Å². The average molecular weight is 346 g/mol. The van der Waals surface area contributed by atoms with E-state index in [0.29, 0.717) is 16.7 Å². The second-order valence-corrected chi connectivity index (χ2v) is 5.57. The number of rotatable bonds is 3. The van der Waals surface area contributed by atoms with Crippen LogP contribution in [-0.2, 0) is 6.61 Å². The molecule has 0 aliphatic carbocycles. The molecule has 3 aromatic rings. The molecule has 0 bridgehead atoms. The Balaban J connectivity index is 1.86. The third-order valence-electron chi connectivity index (χ3n) is 3.02. The van der Waals surface area contributed by atoms with Crippen molar-refractivity contribution in [1.82, 2.24) is 4.98 Å². The summed E-state index contributed by atoms with van der Waals surface area (Å²) in [5, 5.41) is 0.448. The first-order chi connectivity index (χ1) is 10.1. The standard InChI is InChI=1S/C16H12BrNO3/c1-10-2-5-12(6-3-10)20-9-15-18-14-7-4-11(17)8-13(14)16(19)21-15/h2-8H,9H2,1H3. The highest BCUT2D eigenvalue weighted by atomic mass is 79.9. The van der Waals surface area contributed by atoms with E-state index in [9.17, 15) is 4.79 Å². The number of aryl methyl sites for hydroxylation is 1. The highest BCUT2D eigenvalue weighted by Gasteiger charge is 2.07. The predicted molar refractivity (Wildman–Crippen MR) is 83.5 cm³/mol. The van der Waals surface area contributed by atoms with Gasteiger partial charge in [-0.15, -0.1) is 0 Å². The first-order valence-corrected chi connectivity index (χ1v) is 7.20. The molecule has 1 heterocycles. The van der Waals surface area contributed by atoms with Crippen molar-refractivity contribution in [2.75, 3.05) is 0 Å². The van der Waals surface area contributed by atoms with Gasteiger partial charge in [0.05, 0.1) is 10.9 Å². The van der Waals surface area contributed by atoms with E-state index in [1.165, 1.54) is 0 Å². The first-order valence-electron chi connectivity index (χ1n) is 6.40. The average Bonchev–Trinajstić information content (AvgIpc) is 2.47. The van der Waals surface area contributed by atoms with Crippen molar-refractivity contribution < 1.29 is 9.15 Å². The van der Waals surface area contributed by atoms with E-state index >= 15 is 0 Å². The van der Waals surface area contributed by atoms with E-state index in [-0.39, 0.29) is 12.5 Å². The van der Waals surface area contributed by atoms with Crippen LogP contribution >= 0.6 is 15.9 Å². The van der Waals surface area contributed by atoms with Crippen LogP contribution in [0.4, 0.5) is 0 Å². The summed E-state index contributed by atoms with van der Waals surface area (Å²) < 4.78 is 11.6. The Bertz CT molecular complexity index is 840. The summed E-state index contributed by atoms with van der Waals surface area (Å²) in [4.78, 5) is 16.2. The largest absolute Gasteiger partial charge is 0.484 e. The Kier molecular flexibility index (Phi) is 3.75. The monoisotopic (exact) mass is 345 g/mol. The molecule has 0 atom stereocenters. The lowest BCUT2D eigenvalue weighted by atomic mass is 10.2. The zero-order valence-corrected chi connectivity index (χ0v) is 12.9. The van der Waals surface area contributed by atoms with Crippen LogP contribution in [0.2, 0.25) is 0 Å². The number of benzene rings is 2. The van der Waals surface area contributed by atoms with E-state index in [1.807, 2.05) is 37.3 Å². The third-order valence-corrected chi connectivity index (χ3v) is 3.51. The fourth-order valence-electron chi connectivity index (χ4n) is 1.93. The van der Waals surface area contributed by atoms with Crippen LogP contribution in [0.5, 0.6) is 5.75 Å². The number of hydrogen-bond donors (Lipinski definition) is 0. The van der Waals surface area contributed by atoms with Crippen molar-refractivity contribution >= 4 is 26.8 Å². The lowest BCUT2D eigenvalue weighted by molar-refractivity contribution is 0.253. The molecule has 106 valence electrons. The van der Waals surface area contributed by atoms with Crippen LogP contribution in [0.25, 0.3) is 10.9 Å². The van der Waals surface area contributed by atoms with Gasteiger partial charge in [0.15, 0.2) is 6.61 Å². The van der Waals surface area contributed by atoms with Gasteiger partial charge < -0.3 is 9.15 Å². The number of hydrogen-bond acceptors (Lipinski definition) is 4. The van der Waals surface area contributed by atoms with Gasteiger partial charge >= 0.3 is 5.63 Å². The summed E-state index contributed by atoms with van der Waals surface area (Å²) in [6.07, 6.45) is 0. The van der Waals surface area contributed by atoms with Crippen molar-refractivity contribution in [3.8, 4) is 5.75 Å². The molecule has 0 unspecified atom stereocenters.